The molecule has 0 radical (unpaired) electrons. The fourth-order valence-electron chi connectivity index (χ4n) is 5.97. The minimum absolute atomic E-state index is 0.124. The molecule has 5 rings (SSSR count). The summed E-state index contributed by atoms with van der Waals surface area (Å²) in [6, 6.07) is 22.6. The van der Waals surface area contributed by atoms with Crippen LogP contribution in [0.3, 0.4) is 0 Å². The average Bonchev–Trinajstić information content (AvgIpc) is 3.22. The Morgan fingerprint density at radius 1 is 0.500 bits per heavy atom. The van der Waals surface area contributed by atoms with Crippen molar-refractivity contribution >= 4 is 116 Å². The summed E-state index contributed by atoms with van der Waals surface area (Å²) < 4.78 is 0. The van der Waals surface area contributed by atoms with Gasteiger partial charge in [0.15, 0.2) is 11.6 Å². The van der Waals surface area contributed by atoms with Crippen LogP contribution in [0, 0.1) is 13.8 Å². The van der Waals surface area contributed by atoms with Gasteiger partial charge in [-0.25, -0.2) is 0 Å². The van der Waals surface area contributed by atoms with Crippen LogP contribution in [0.25, 0.3) is 0 Å². The second-order valence-corrected chi connectivity index (χ2v) is 16.9. The molecular weight excluding hydrogens is 902 g/mol. The van der Waals surface area contributed by atoms with Gasteiger partial charge in [-0.1, -0.05) is 47.5 Å². The smallest absolute Gasteiger partial charge is 0.258 e. The van der Waals surface area contributed by atoms with Crippen LogP contribution in [-0.4, -0.2) is 47.3 Å². The minimum Gasteiger partial charge on any atom is -0.324 e. The maximum atomic E-state index is 13.4. The van der Waals surface area contributed by atoms with Crippen LogP contribution in [-0.2, 0) is 19.2 Å². The predicted octanol–water partition coefficient (Wildman–Crippen LogP) is 12.1. The van der Waals surface area contributed by atoms with Crippen molar-refractivity contribution in [3.63, 3.8) is 0 Å². The van der Waals surface area contributed by atoms with Crippen molar-refractivity contribution in [2.75, 3.05) is 21.3 Å². The first kappa shape index (κ1) is 48.7. The quantitative estimate of drug-likeness (QED) is 0.0431. The molecule has 0 bridgehead atoms. The van der Waals surface area contributed by atoms with E-state index in [1.807, 2.05) is 13.8 Å². The second kappa shape index (κ2) is 21.8. The number of carbonyl (C=O) groups is 6. The lowest BCUT2D eigenvalue weighted by atomic mass is 10.1. The zero-order chi connectivity index (χ0) is 46.8. The number of benzene rings is 5. The molecular formula is C46H42Cl4N8O6. The number of halogens is 4. The van der Waals surface area contributed by atoms with Gasteiger partial charge in [0, 0.05) is 43.9 Å². The van der Waals surface area contributed by atoms with Crippen molar-refractivity contribution in [3.05, 3.63) is 140 Å². The van der Waals surface area contributed by atoms with Gasteiger partial charge in [0.05, 0.1) is 22.1 Å². The highest BCUT2D eigenvalue weighted by atomic mass is 35.5. The maximum absolute atomic E-state index is 13.4. The van der Waals surface area contributed by atoms with E-state index in [-0.39, 0.29) is 43.3 Å². The Kier molecular flexibility index (Phi) is 16.6. The summed E-state index contributed by atoms with van der Waals surface area (Å²) in [7, 11) is 0. The number of amides is 4. The molecule has 330 valence electrons. The van der Waals surface area contributed by atoms with Gasteiger partial charge in [-0.15, -0.1) is 23.2 Å². The standard InChI is InChI=1S/C46H42Cl4N8O6/c1-23-15-40(54-46(64)42(28(6)60)58-56-38-20-32(18-34(50)22-38)44(62)52-36-13-9-30(10-14-36)26(4)48)24(2)16-39(23)53-45(63)41(27(5)59)57-55-37-19-31(17-33(49)21-37)43(61)51-35-11-7-29(8-12-35)25(3)47/h7-22,25-26,41-42H,1-6H3,(H,51,61)(H,52,62)(H,53,63)(H,54,64). The van der Waals surface area contributed by atoms with Crippen molar-refractivity contribution < 1.29 is 28.8 Å². The monoisotopic (exact) mass is 942 g/mol. The van der Waals surface area contributed by atoms with E-state index >= 15 is 0 Å². The molecule has 14 nitrogen and oxygen atoms in total. The lowest BCUT2D eigenvalue weighted by Gasteiger charge is -2.16. The third-order valence-electron chi connectivity index (χ3n) is 9.48. The van der Waals surface area contributed by atoms with Gasteiger partial charge in [-0.05, 0) is 137 Å². The highest BCUT2D eigenvalue weighted by Crippen LogP contribution is 2.29. The summed E-state index contributed by atoms with van der Waals surface area (Å²) >= 11 is 24.8. The molecule has 0 aliphatic carbocycles. The van der Waals surface area contributed by atoms with Gasteiger partial charge in [0.2, 0.25) is 12.1 Å². The Balaban J connectivity index is 1.24. The largest absolute Gasteiger partial charge is 0.324 e. The molecule has 0 saturated carbocycles. The van der Waals surface area contributed by atoms with Crippen molar-refractivity contribution in [1.82, 2.24) is 0 Å². The number of aryl methyl sites for hydroxylation is 2. The first-order valence-electron chi connectivity index (χ1n) is 19.6. The van der Waals surface area contributed by atoms with Gasteiger partial charge in [-0.3, -0.25) is 28.8 Å². The van der Waals surface area contributed by atoms with Gasteiger partial charge in [0.1, 0.15) is 0 Å². The van der Waals surface area contributed by atoms with Gasteiger partial charge in [0.25, 0.3) is 23.6 Å². The molecule has 0 aliphatic heterocycles. The number of ketones is 2. The summed E-state index contributed by atoms with van der Waals surface area (Å²) in [5.74, 6) is -3.76. The van der Waals surface area contributed by atoms with Gasteiger partial charge < -0.3 is 21.3 Å². The normalized spacial score (nSPS) is 13.2. The first-order valence-corrected chi connectivity index (χ1v) is 21.2. The Morgan fingerprint density at radius 3 is 1.16 bits per heavy atom. The van der Waals surface area contributed by atoms with Gasteiger partial charge >= 0.3 is 0 Å². The molecule has 4 unspecified atom stereocenters. The zero-order valence-corrected chi connectivity index (χ0v) is 38.3. The number of Topliss-reactive ketones (excluding diaryl/α,β-unsaturated/α-hetero) is 2. The fraction of sp³-hybridized carbons (Fsp3) is 0.217. The Hall–Kier alpha value is -6.32. The topological polar surface area (TPSA) is 200 Å². The lowest BCUT2D eigenvalue weighted by molar-refractivity contribution is -0.127. The van der Waals surface area contributed by atoms with Crippen LogP contribution in [0.1, 0.15) is 81.4 Å². The van der Waals surface area contributed by atoms with E-state index < -0.39 is 47.3 Å². The highest BCUT2D eigenvalue weighted by molar-refractivity contribution is 6.31. The van der Waals surface area contributed by atoms with Crippen molar-refractivity contribution in [2.24, 2.45) is 20.5 Å². The average molecular weight is 945 g/mol. The van der Waals surface area contributed by atoms with E-state index in [1.54, 1.807) is 74.5 Å². The first-order chi connectivity index (χ1) is 30.3. The molecule has 0 heterocycles. The molecule has 0 aromatic heterocycles. The summed E-state index contributed by atoms with van der Waals surface area (Å²) in [4.78, 5) is 78.1. The summed E-state index contributed by atoms with van der Waals surface area (Å²) in [5, 5.41) is 27.0. The summed E-state index contributed by atoms with van der Waals surface area (Å²) in [6.07, 6.45) is 0. The predicted molar refractivity (Wildman–Crippen MR) is 251 cm³/mol. The van der Waals surface area contributed by atoms with Crippen LogP contribution >= 0.6 is 46.4 Å². The third-order valence-corrected chi connectivity index (χ3v) is 10.4. The number of hydrogen-bond acceptors (Lipinski definition) is 10. The van der Waals surface area contributed by atoms with E-state index in [0.717, 1.165) is 11.1 Å². The van der Waals surface area contributed by atoms with Gasteiger partial charge in [-0.2, -0.15) is 20.5 Å². The van der Waals surface area contributed by atoms with Crippen LogP contribution in [0.5, 0.6) is 0 Å². The molecule has 4 N–H and O–H groups in total. The number of alkyl halides is 2. The number of carbonyl (C=O) groups excluding carboxylic acids is 6. The van der Waals surface area contributed by atoms with E-state index in [2.05, 4.69) is 41.7 Å². The SMILES string of the molecule is CC(=O)C(N=Nc1cc(Cl)cc(C(=O)Nc2ccc(C(C)Cl)cc2)c1)C(=O)Nc1cc(C)c(NC(=O)C(N=Nc2cc(Cl)cc(C(=O)Nc3ccc(C(C)Cl)cc3)c2)C(C)=O)cc1C. The molecule has 5 aromatic carbocycles. The molecule has 64 heavy (non-hydrogen) atoms. The number of rotatable bonds is 16. The van der Waals surface area contributed by atoms with Crippen LogP contribution in [0.4, 0.5) is 34.1 Å². The molecule has 0 aliphatic rings. The Bertz CT molecular complexity index is 2490. The zero-order valence-electron chi connectivity index (χ0n) is 35.3. The number of hydrogen-bond donors (Lipinski definition) is 4. The Morgan fingerprint density at radius 2 is 0.844 bits per heavy atom. The third kappa shape index (κ3) is 13.3. The van der Waals surface area contributed by atoms with E-state index in [1.165, 1.54) is 50.2 Å². The number of anilines is 4. The lowest BCUT2D eigenvalue weighted by Crippen LogP contribution is -2.32. The molecule has 0 spiro atoms. The van der Waals surface area contributed by atoms with Crippen LogP contribution in [0.2, 0.25) is 10.0 Å². The number of azo groups is 2. The Labute approximate surface area is 389 Å². The van der Waals surface area contributed by atoms with Crippen molar-refractivity contribution in [2.45, 2.75) is 64.4 Å². The molecule has 18 heteroatoms. The highest BCUT2D eigenvalue weighted by Gasteiger charge is 2.26. The molecule has 4 atom stereocenters. The second-order valence-electron chi connectivity index (χ2n) is 14.7. The molecule has 4 amide bonds. The van der Waals surface area contributed by atoms with Crippen molar-refractivity contribution in [1.29, 1.82) is 0 Å². The van der Waals surface area contributed by atoms with Crippen LogP contribution in [0.15, 0.2) is 118 Å². The van der Waals surface area contributed by atoms with Crippen LogP contribution < -0.4 is 21.3 Å². The number of nitrogens with one attached hydrogen (secondary N) is 4. The number of nitrogens with zero attached hydrogens (tertiary/aromatic N) is 4. The minimum atomic E-state index is -1.57. The summed E-state index contributed by atoms with van der Waals surface area (Å²) in [5.41, 5.74) is 4.99. The van der Waals surface area contributed by atoms with Crippen molar-refractivity contribution in [3.8, 4) is 0 Å². The van der Waals surface area contributed by atoms with E-state index in [4.69, 9.17) is 46.4 Å². The molecule has 5 aromatic rings. The molecule has 0 saturated heterocycles. The van der Waals surface area contributed by atoms with E-state index in [0.29, 0.717) is 33.9 Å². The maximum Gasteiger partial charge on any atom is 0.258 e. The van der Waals surface area contributed by atoms with E-state index in [9.17, 15) is 28.8 Å². The summed E-state index contributed by atoms with van der Waals surface area (Å²) in [6.45, 7) is 9.35. The fourth-order valence-corrected chi connectivity index (χ4v) is 6.72. The molecule has 0 fully saturated rings.